The molecule has 1 aromatic rings. The normalized spacial score (nSPS) is 10.5. The molecular formula is C13H21N. The Balaban J connectivity index is 2.46. The van der Waals surface area contributed by atoms with E-state index in [0.29, 0.717) is 0 Å². The van der Waals surface area contributed by atoms with Gasteiger partial charge >= 0.3 is 0 Å². The zero-order valence-corrected chi connectivity index (χ0v) is 9.56. The minimum atomic E-state index is 1.13. The van der Waals surface area contributed by atoms with Crippen LogP contribution in [0, 0.1) is 13.8 Å². The van der Waals surface area contributed by atoms with Gasteiger partial charge in [-0.05, 0) is 63.4 Å². The van der Waals surface area contributed by atoms with Crippen molar-refractivity contribution in [3.05, 3.63) is 34.9 Å². The summed E-state index contributed by atoms with van der Waals surface area (Å²) in [7, 11) is 2.01. The summed E-state index contributed by atoms with van der Waals surface area (Å²) >= 11 is 0. The van der Waals surface area contributed by atoms with Gasteiger partial charge in [-0.1, -0.05) is 18.2 Å². The molecule has 0 atom stereocenters. The Morgan fingerprint density at radius 1 is 1.14 bits per heavy atom. The molecule has 0 aliphatic carbocycles. The Labute approximate surface area is 87.5 Å². The number of hydrogen-bond acceptors (Lipinski definition) is 1. The van der Waals surface area contributed by atoms with Crippen LogP contribution in [0.5, 0.6) is 0 Å². The third-order valence-corrected chi connectivity index (χ3v) is 2.84. The lowest BCUT2D eigenvalue weighted by atomic mass is 9.99. The van der Waals surface area contributed by atoms with Crippen molar-refractivity contribution >= 4 is 0 Å². The molecule has 1 aromatic carbocycles. The van der Waals surface area contributed by atoms with Gasteiger partial charge in [0.15, 0.2) is 0 Å². The number of hydrogen-bond donors (Lipinski definition) is 1. The summed E-state index contributed by atoms with van der Waals surface area (Å²) in [6.45, 7) is 5.54. The smallest absolute Gasteiger partial charge is 0.00518 e. The third kappa shape index (κ3) is 3.15. The molecule has 0 aromatic heterocycles. The van der Waals surface area contributed by atoms with Gasteiger partial charge in [0, 0.05) is 0 Å². The van der Waals surface area contributed by atoms with Crippen molar-refractivity contribution in [1.82, 2.24) is 5.32 Å². The predicted molar refractivity (Wildman–Crippen MR) is 62.8 cm³/mol. The first-order valence-electron chi connectivity index (χ1n) is 5.45. The summed E-state index contributed by atoms with van der Waals surface area (Å²) in [5, 5.41) is 3.18. The van der Waals surface area contributed by atoms with E-state index < -0.39 is 0 Å². The highest BCUT2D eigenvalue weighted by molar-refractivity contribution is 5.33. The van der Waals surface area contributed by atoms with Crippen LogP contribution in [0.2, 0.25) is 0 Å². The Hall–Kier alpha value is -0.820. The van der Waals surface area contributed by atoms with E-state index in [1.165, 1.54) is 36.0 Å². The minimum absolute atomic E-state index is 1.13. The minimum Gasteiger partial charge on any atom is -0.320 e. The molecule has 0 aliphatic heterocycles. The second-order valence-electron chi connectivity index (χ2n) is 3.92. The lowest BCUT2D eigenvalue weighted by Crippen LogP contribution is -2.07. The van der Waals surface area contributed by atoms with Crippen molar-refractivity contribution < 1.29 is 0 Å². The van der Waals surface area contributed by atoms with Gasteiger partial charge in [-0.25, -0.2) is 0 Å². The Morgan fingerprint density at radius 3 is 2.64 bits per heavy atom. The zero-order valence-electron chi connectivity index (χ0n) is 9.56. The van der Waals surface area contributed by atoms with Crippen LogP contribution in [0.3, 0.4) is 0 Å². The van der Waals surface area contributed by atoms with E-state index in [2.05, 4.69) is 37.4 Å². The summed E-state index contributed by atoms with van der Waals surface area (Å²) in [5.74, 6) is 0. The zero-order chi connectivity index (χ0) is 10.4. The molecule has 0 spiro atoms. The first-order valence-corrected chi connectivity index (χ1v) is 5.45. The van der Waals surface area contributed by atoms with Crippen LogP contribution in [0.1, 0.15) is 29.5 Å². The molecule has 1 N–H and O–H groups in total. The molecule has 0 heterocycles. The first-order chi connectivity index (χ1) is 6.75. The van der Waals surface area contributed by atoms with Crippen molar-refractivity contribution in [2.45, 2.75) is 33.1 Å². The van der Waals surface area contributed by atoms with Gasteiger partial charge in [0.2, 0.25) is 0 Å². The topological polar surface area (TPSA) is 12.0 Å². The largest absolute Gasteiger partial charge is 0.320 e. The summed E-state index contributed by atoms with van der Waals surface area (Å²) < 4.78 is 0. The van der Waals surface area contributed by atoms with Crippen molar-refractivity contribution in [3.8, 4) is 0 Å². The van der Waals surface area contributed by atoms with Crippen LogP contribution >= 0.6 is 0 Å². The highest BCUT2D eigenvalue weighted by Crippen LogP contribution is 2.14. The van der Waals surface area contributed by atoms with Gasteiger partial charge in [-0.2, -0.15) is 0 Å². The van der Waals surface area contributed by atoms with Crippen LogP contribution in [0.4, 0.5) is 0 Å². The van der Waals surface area contributed by atoms with Crippen LogP contribution in [0.25, 0.3) is 0 Å². The van der Waals surface area contributed by atoms with E-state index in [0.717, 1.165) is 6.54 Å². The molecule has 0 saturated carbocycles. The van der Waals surface area contributed by atoms with Crippen LogP contribution in [-0.4, -0.2) is 13.6 Å². The fraction of sp³-hybridized carbons (Fsp3) is 0.538. The summed E-state index contributed by atoms with van der Waals surface area (Å²) in [6.07, 6.45) is 3.77. The van der Waals surface area contributed by atoms with E-state index in [9.17, 15) is 0 Å². The van der Waals surface area contributed by atoms with Crippen LogP contribution < -0.4 is 5.32 Å². The van der Waals surface area contributed by atoms with E-state index in [-0.39, 0.29) is 0 Å². The fourth-order valence-electron chi connectivity index (χ4n) is 1.70. The molecule has 0 amide bonds. The number of aryl methyl sites for hydroxylation is 2. The molecule has 0 radical (unpaired) electrons. The van der Waals surface area contributed by atoms with Gasteiger partial charge in [0.05, 0.1) is 0 Å². The molecule has 78 valence electrons. The molecule has 0 bridgehead atoms. The van der Waals surface area contributed by atoms with E-state index in [1.54, 1.807) is 0 Å². The van der Waals surface area contributed by atoms with Crippen LogP contribution in [-0.2, 0) is 6.42 Å². The van der Waals surface area contributed by atoms with Gasteiger partial charge < -0.3 is 5.32 Å². The molecule has 1 heteroatoms. The number of nitrogens with one attached hydrogen (secondary N) is 1. The van der Waals surface area contributed by atoms with Crippen molar-refractivity contribution in [3.63, 3.8) is 0 Å². The molecule has 1 nitrogen and oxygen atoms in total. The third-order valence-electron chi connectivity index (χ3n) is 2.84. The standard InChI is InChI=1S/C13H21N/c1-11-7-6-9-13(12(11)2)8-4-5-10-14-3/h6-7,9,14H,4-5,8,10H2,1-3H3. The van der Waals surface area contributed by atoms with E-state index in [4.69, 9.17) is 0 Å². The van der Waals surface area contributed by atoms with E-state index in [1.807, 2.05) is 7.05 Å². The maximum Gasteiger partial charge on any atom is -0.00518 e. The highest BCUT2D eigenvalue weighted by Gasteiger charge is 1.99. The van der Waals surface area contributed by atoms with E-state index >= 15 is 0 Å². The van der Waals surface area contributed by atoms with Crippen molar-refractivity contribution in [2.24, 2.45) is 0 Å². The van der Waals surface area contributed by atoms with Gasteiger partial charge in [-0.15, -0.1) is 0 Å². The summed E-state index contributed by atoms with van der Waals surface area (Å²) in [5.41, 5.74) is 4.40. The summed E-state index contributed by atoms with van der Waals surface area (Å²) in [4.78, 5) is 0. The molecule has 14 heavy (non-hydrogen) atoms. The Morgan fingerprint density at radius 2 is 1.93 bits per heavy atom. The Kier molecular flexibility index (Phi) is 4.68. The maximum absolute atomic E-state index is 3.18. The lowest BCUT2D eigenvalue weighted by molar-refractivity contribution is 0.676. The number of benzene rings is 1. The molecule has 0 unspecified atom stereocenters. The monoisotopic (exact) mass is 191 g/mol. The van der Waals surface area contributed by atoms with Gasteiger partial charge in [0.1, 0.15) is 0 Å². The lowest BCUT2D eigenvalue weighted by Gasteiger charge is -2.08. The average molecular weight is 191 g/mol. The second kappa shape index (κ2) is 5.82. The van der Waals surface area contributed by atoms with Gasteiger partial charge in [-0.3, -0.25) is 0 Å². The van der Waals surface area contributed by atoms with Crippen molar-refractivity contribution in [2.75, 3.05) is 13.6 Å². The quantitative estimate of drug-likeness (QED) is 0.706. The fourth-order valence-corrected chi connectivity index (χ4v) is 1.70. The van der Waals surface area contributed by atoms with Crippen molar-refractivity contribution in [1.29, 1.82) is 0 Å². The van der Waals surface area contributed by atoms with Crippen LogP contribution in [0.15, 0.2) is 18.2 Å². The van der Waals surface area contributed by atoms with Gasteiger partial charge in [0.25, 0.3) is 0 Å². The second-order valence-corrected chi connectivity index (χ2v) is 3.92. The Bertz CT molecular complexity index is 279. The average Bonchev–Trinajstić information content (AvgIpc) is 2.19. The summed E-state index contributed by atoms with van der Waals surface area (Å²) in [6, 6.07) is 6.60. The highest BCUT2D eigenvalue weighted by atomic mass is 14.8. The molecule has 0 aliphatic rings. The number of unbranched alkanes of at least 4 members (excludes halogenated alkanes) is 1. The SMILES string of the molecule is CNCCCCc1cccc(C)c1C. The predicted octanol–water partition coefficient (Wildman–Crippen LogP) is 2.85. The maximum atomic E-state index is 3.18. The molecule has 0 fully saturated rings. The number of rotatable bonds is 5. The molecule has 1 rings (SSSR count). The first kappa shape index (κ1) is 11.3. The molecular weight excluding hydrogens is 170 g/mol. The molecule has 0 saturated heterocycles.